The molecule has 0 fully saturated rings. The molecule has 21 heavy (non-hydrogen) atoms. The van der Waals surface area contributed by atoms with Crippen LogP contribution in [-0.2, 0) is 10.0 Å². The number of nitrogens with two attached hydrogens (primary N) is 1. The molecule has 1 aromatic carbocycles. The fourth-order valence-corrected chi connectivity index (χ4v) is 3.58. The van der Waals surface area contributed by atoms with Crippen molar-refractivity contribution in [1.82, 2.24) is 0 Å². The lowest BCUT2D eigenvalue weighted by molar-refractivity contribution is 0.102. The number of methoxy groups -OCH3 is 1. The Morgan fingerprint density at radius 1 is 1.38 bits per heavy atom. The lowest BCUT2D eigenvalue weighted by atomic mass is 10.3. The number of sulfonamides is 1. The summed E-state index contributed by atoms with van der Waals surface area (Å²) in [5.41, 5.74) is 0.231. The normalized spacial score (nSPS) is 11.2. The number of halogens is 1. The van der Waals surface area contributed by atoms with E-state index in [4.69, 9.17) is 9.88 Å². The van der Waals surface area contributed by atoms with Crippen molar-refractivity contribution >= 4 is 48.9 Å². The summed E-state index contributed by atoms with van der Waals surface area (Å²) in [5, 5.41) is 9.45. The van der Waals surface area contributed by atoms with Gasteiger partial charge in [-0.25, -0.2) is 13.6 Å². The van der Waals surface area contributed by atoms with Gasteiger partial charge in [0.2, 0.25) is 10.0 Å². The molecule has 0 aliphatic heterocycles. The van der Waals surface area contributed by atoms with Gasteiger partial charge in [-0.1, -0.05) is 0 Å². The minimum atomic E-state index is -3.86. The maximum Gasteiger partial charge on any atom is 0.266 e. The molecule has 1 amide bonds. The van der Waals surface area contributed by atoms with Gasteiger partial charge in [0.15, 0.2) is 0 Å². The Morgan fingerprint density at radius 3 is 2.62 bits per heavy atom. The van der Waals surface area contributed by atoms with Gasteiger partial charge in [-0.05, 0) is 45.6 Å². The Labute approximate surface area is 134 Å². The Kier molecular flexibility index (Phi) is 4.67. The third-order valence-corrected chi connectivity index (χ3v) is 5.32. The molecule has 9 heteroatoms. The van der Waals surface area contributed by atoms with Crippen molar-refractivity contribution in [3.05, 3.63) is 39.0 Å². The average Bonchev–Trinajstić information content (AvgIpc) is 2.84. The highest BCUT2D eigenvalue weighted by molar-refractivity contribution is 9.10. The first-order valence-corrected chi connectivity index (χ1v) is 8.80. The maximum atomic E-state index is 12.2. The van der Waals surface area contributed by atoms with Crippen molar-refractivity contribution in [1.29, 1.82) is 0 Å². The SMILES string of the molecule is COc1ccc(S(N)(=O)=O)cc1NC(=O)c1sccc1Br. The van der Waals surface area contributed by atoms with Crippen LogP contribution in [-0.4, -0.2) is 21.4 Å². The summed E-state index contributed by atoms with van der Waals surface area (Å²) in [6, 6.07) is 5.74. The molecule has 0 spiro atoms. The number of hydrogen-bond donors (Lipinski definition) is 2. The Hall–Kier alpha value is -1.42. The maximum absolute atomic E-state index is 12.2. The van der Waals surface area contributed by atoms with Crippen LogP contribution in [0.25, 0.3) is 0 Å². The number of carbonyl (C=O) groups is 1. The molecular formula is C12H11BrN2O4S2. The van der Waals surface area contributed by atoms with E-state index in [1.54, 1.807) is 11.4 Å². The summed E-state index contributed by atoms with van der Waals surface area (Å²) in [6.07, 6.45) is 0. The Balaban J connectivity index is 2.38. The molecule has 3 N–H and O–H groups in total. The van der Waals surface area contributed by atoms with Gasteiger partial charge in [0.05, 0.1) is 17.7 Å². The molecule has 0 aliphatic rings. The molecule has 0 unspecified atom stereocenters. The predicted molar refractivity (Wildman–Crippen MR) is 84.3 cm³/mol. The third kappa shape index (κ3) is 3.62. The summed E-state index contributed by atoms with van der Waals surface area (Å²) >= 11 is 4.52. The molecule has 0 atom stereocenters. The smallest absolute Gasteiger partial charge is 0.266 e. The molecule has 1 aromatic heterocycles. The quantitative estimate of drug-likeness (QED) is 0.836. The molecule has 1 heterocycles. The van der Waals surface area contributed by atoms with Crippen LogP contribution >= 0.6 is 27.3 Å². The van der Waals surface area contributed by atoms with Gasteiger partial charge in [0, 0.05) is 4.47 Å². The van der Waals surface area contributed by atoms with Gasteiger partial charge >= 0.3 is 0 Å². The molecule has 0 aliphatic carbocycles. The van der Waals surface area contributed by atoms with Gasteiger partial charge < -0.3 is 10.1 Å². The summed E-state index contributed by atoms with van der Waals surface area (Å²) < 4.78 is 28.5. The number of primary sulfonamides is 1. The van der Waals surface area contributed by atoms with Gasteiger partial charge in [-0.15, -0.1) is 11.3 Å². The fourth-order valence-electron chi connectivity index (χ4n) is 1.60. The number of amides is 1. The van der Waals surface area contributed by atoms with E-state index in [0.717, 1.165) is 0 Å². The summed E-state index contributed by atoms with van der Waals surface area (Å²) in [6.45, 7) is 0. The summed E-state index contributed by atoms with van der Waals surface area (Å²) in [4.78, 5) is 12.5. The number of rotatable bonds is 4. The van der Waals surface area contributed by atoms with E-state index in [1.807, 2.05) is 0 Å². The van der Waals surface area contributed by atoms with Crippen molar-refractivity contribution in [2.75, 3.05) is 12.4 Å². The molecule has 6 nitrogen and oxygen atoms in total. The number of thiophene rings is 1. The van der Waals surface area contributed by atoms with Crippen LogP contribution in [0, 0.1) is 0 Å². The van der Waals surface area contributed by atoms with Crippen molar-refractivity contribution in [2.45, 2.75) is 4.90 Å². The lowest BCUT2D eigenvalue weighted by Gasteiger charge is -2.11. The van der Waals surface area contributed by atoms with Crippen molar-refractivity contribution in [3.8, 4) is 5.75 Å². The van der Waals surface area contributed by atoms with Crippen LogP contribution in [0.15, 0.2) is 39.0 Å². The van der Waals surface area contributed by atoms with E-state index in [9.17, 15) is 13.2 Å². The van der Waals surface area contributed by atoms with E-state index >= 15 is 0 Å². The lowest BCUT2D eigenvalue weighted by Crippen LogP contribution is -2.15. The Morgan fingerprint density at radius 2 is 2.10 bits per heavy atom. The number of anilines is 1. The minimum Gasteiger partial charge on any atom is -0.495 e. The first kappa shape index (κ1) is 16.0. The van der Waals surface area contributed by atoms with Gasteiger partial charge in [0.25, 0.3) is 5.91 Å². The van der Waals surface area contributed by atoms with Crippen molar-refractivity contribution in [3.63, 3.8) is 0 Å². The van der Waals surface area contributed by atoms with E-state index in [-0.39, 0.29) is 16.5 Å². The second-order valence-corrected chi connectivity index (χ2v) is 7.29. The third-order valence-electron chi connectivity index (χ3n) is 2.57. The molecule has 2 aromatic rings. The largest absolute Gasteiger partial charge is 0.495 e. The van der Waals surface area contributed by atoms with Crippen molar-refractivity contribution in [2.24, 2.45) is 5.14 Å². The number of hydrogen-bond acceptors (Lipinski definition) is 5. The predicted octanol–water partition coefficient (Wildman–Crippen LogP) is 2.42. The molecule has 0 bridgehead atoms. The second kappa shape index (κ2) is 6.14. The topological polar surface area (TPSA) is 98.5 Å². The molecular weight excluding hydrogens is 380 g/mol. The average molecular weight is 391 g/mol. The number of nitrogens with one attached hydrogen (secondary N) is 1. The van der Waals surface area contributed by atoms with E-state index in [1.165, 1.54) is 36.6 Å². The van der Waals surface area contributed by atoms with Gasteiger partial charge in [-0.2, -0.15) is 0 Å². The first-order chi connectivity index (χ1) is 9.82. The van der Waals surface area contributed by atoms with Crippen LogP contribution in [0.2, 0.25) is 0 Å². The van der Waals surface area contributed by atoms with Crippen LogP contribution in [0.1, 0.15) is 9.67 Å². The molecule has 112 valence electrons. The van der Waals surface area contributed by atoms with E-state index in [2.05, 4.69) is 21.2 Å². The highest BCUT2D eigenvalue weighted by Gasteiger charge is 2.16. The zero-order valence-electron chi connectivity index (χ0n) is 10.8. The number of carbonyl (C=O) groups excluding carboxylic acids is 1. The number of ether oxygens (including phenoxy) is 1. The summed E-state index contributed by atoms with van der Waals surface area (Å²) in [7, 11) is -2.44. The van der Waals surface area contributed by atoms with Crippen LogP contribution < -0.4 is 15.2 Å². The molecule has 2 rings (SSSR count). The highest BCUT2D eigenvalue weighted by Crippen LogP contribution is 2.29. The van der Waals surface area contributed by atoms with Crippen LogP contribution in [0.5, 0.6) is 5.75 Å². The summed E-state index contributed by atoms with van der Waals surface area (Å²) in [5.74, 6) is -0.0369. The van der Waals surface area contributed by atoms with Crippen LogP contribution in [0.4, 0.5) is 5.69 Å². The first-order valence-electron chi connectivity index (χ1n) is 5.58. The van der Waals surface area contributed by atoms with Gasteiger partial charge in [-0.3, -0.25) is 4.79 Å². The number of benzene rings is 1. The zero-order valence-corrected chi connectivity index (χ0v) is 14.0. The fraction of sp³-hybridized carbons (Fsp3) is 0.0833. The second-order valence-electron chi connectivity index (χ2n) is 3.96. The molecule has 0 saturated heterocycles. The van der Waals surface area contributed by atoms with Crippen molar-refractivity contribution < 1.29 is 17.9 Å². The van der Waals surface area contributed by atoms with E-state index < -0.39 is 10.0 Å². The van der Waals surface area contributed by atoms with Gasteiger partial charge in [0.1, 0.15) is 10.6 Å². The Bertz CT molecular complexity index is 786. The standard InChI is InChI=1S/C12H11BrN2O4S2/c1-19-10-3-2-7(21(14,17)18)6-9(10)15-12(16)11-8(13)4-5-20-11/h2-6H,1H3,(H,15,16)(H2,14,17,18). The van der Waals surface area contributed by atoms with E-state index in [0.29, 0.717) is 15.1 Å². The zero-order chi connectivity index (χ0) is 15.6. The molecule has 0 radical (unpaired) electrons. The minimum absolute atomic E-state index is 0.108. The molecule has 0 saturated carbocycles. The monoisotopic (exact) mass is 390 g/mol. The highest BCUT2D eigenvalue weighted by atomic mass is 79.9. The van der Waals surface area contributed by atoms with Crippen LogP contribution in [0.3, 0.4) is 0 Å².